The predicted octanol–water partition coefficient (Wildman–Crippen LogP) is 1.66. The van der Waals surface area contributed by atoms with Crippen molar-refractivity contribution >= 4 is 0 Å². The minimum absolute atomic E-state index is 0.942. The summed E-state index contributed by atoms with van der Waals surface area (Å²) in [5.41, 5.74) is 0. The van der Waals surface area contributed by atoms with Crippen LogP contribution in [0.4, 0.5) is 0 Å². The van der Waals surface area contributed by atoms with Gasteiger partial charge in [-0.15, -0.1) is 0 Å². The molecule has 0 unspecified atom stereocenters. The van der Waals surface area contributed by atoms with E-state index < -0.39 is 0 Å². The zero-order chi connectivity index (χ0) is 9.64. The number of nitrogens with zero attached hydrogens (tertiary/aromatic N) is 2. The van der Waals surface area contributed by atoms with E-state index in [4.69, 9.17) is 0 Å². The van der Waals surface area contributed by atoms with Crippen LogP contribution in [0.2, 0.25) is 0 Å². The monoisotopic (exact) mass is 193 g/mol. The number of rotatable bonds is 5. The predicted molar refractivity (Wildman–Crippen MR) is 57.1 cm³/mol. The first kappa shape index (κ1) is 9.71. The van der Waals surface area contributed by atoms with E-state index in [9.17, 15) is 0 Å². The van der Waals surface area contributed by atoms with Crippen molar-refractivity contribution in [2.75, 3.05) is 13.1 Å². The molecule has 0 atom stereocenters. The van der Waals surface area contributed by atoms with Gasteiger partial charge < -0.3 is 9.88 Å². The molecule has 2 rings (SSSR count). The van der Waals surface area contributed by atoms with Crippen LogP contribution in [0.15, 0.2) is 18.7 Å². The zero-order valence-corrected chi connectivity index (χ0v) is 8.65. The molecule has 0 saturated heterocycles. The fourth-order valence-electron chi connectivity index (χ4n) is 2.15. The summed E-state index contributed by atoms with van der Waals surface area (Å²) in [6.07, 6.45) is 11.4. The molecule has 3 nitrogen and oxygen atoms in total. The van der Waals surface area contributed by atoms with Crippen LogP contribution >= 0.6 is 0 Å². The zero-order valence-electron chi connectivity index (χ0n) is 8.65. The summed E-state index contributed by atoms with van der Waals surface area (Å²) in [7, 11) is 0. The third kappa shape index (κ3) is 2.84. The molecule has 0 spiro atoms. The van der Waals surface area contributed by atoms with Gasteiger partial charge in [0.05, 0.1) is 6.33 Å². The SMILES string of the molecule is c1cn(CCNCC2CCCC2)cn1. The highest BCUT2D eigenvalue weighted by molar-refractivity contribution is 4.74. The van der Waals surface area contributed by atoms with Gasteiger partial charge >= 0.3 is 0 Å². The third-order valence-electron chi connectivity index (χ3n) is 3.01. The van der Waals surface area contributed by atoms with Crippen molar-refractivity contribution in [2.24, 2.45) is 5.92 Å². The maximum Gasteiger partial charge on any atom is 0.0946 e. The molecule has 0 radical (unpaired) electrons. The summed E-state index contributed by atoms with van der Waals surface area (Å²) in [6, 6.07) is 0. The molecule has 0 amide bonds. The Hall–Kier alpha value is -0.830. The highest BCUT2D eigenvalue weighted by atomic mass is 15.0. The van der Waals surface area contributed by atoms with Crippen LogP contribution in [0, 0.1) is 5.92 Å². The van der Waals surface area contributed by atoms with Crippen LogP contribution in [0.5, 0.6) is 0 Å². The van der Waals surface area contributed by atoms with Gasteiger partial charge in [0, 0.05) is 25.5 Å². The largest absolute Gasteiger partial charge is 0.336 e. The molecular weight excluding hydrogens is 174 g/mol. The van der Waals surface area contributed by atoms with Gasteiger partial charge in [-0.05, 0) is 25.3 Å². The van der Waals surface area contributed by atoms with Gasteiger partial charge in [0.2, 0.25) is 0 Å². The molecular formula is C11H19N3. The van der Waals surface area contributed by atoms with Crippen molar-refractivity contribution in [3.8, 4) is 0 Å². The average molecular weight is 193 g/mol. The second-order valence-corrected chi connectivity index (χ2v) is 4.16. The van der Waals surface area contributed by atoms with Gasteiger partial charge in [-0.1, -0.05) is 12.8 Å². The normalized spacial score (nSPS) is 17.7. The fourth-order valence-corrected chi connectivity index (χ4v) is 2.15. The molecule has 0 aromatic carbocycles. The summed E-state index contributed by atoms with van der Waals surface area (Å²) in [4.78, 5) is 4.01. The van der Waals surface area contributed by atoms with Crippen molar-refractivity contribution in [1.29, 1.82) is 0 Å². The summed E-state index contributed by atoms with van der Waals surface area (Å²) >= 11 is 0. The Kier molecular flexibility index (Phi) is 3.57. The summed E-state index contributed by atoms with van der Waals surface area (Å²) in [6.45, 7) is 3.30. The standard InChI is InChI=1S/C11H19N3/c1-2-4-11(3-1)9-12-5-7-14-8-6-13-10-14/h6,8,10-12H,1-5,7,9H2. The molecule has 1 aliphatic rings. The Balaban J connectivity index is 1.55. The number of hydrogen-bond acceptors (Lipinski definition) is 2. The van der Waals surface area contributed by atoms with Gasteiger partial charge in [0.1, 0.15) is 0 Å². The molecule has 14 heavy (non-hydrogen) atoms. The van der Waals surface area contributed by atoms with E-state index in [1.807, 2.05) is 18.7 Å². The molecule has 0 aliphatic heterocycles. The molecule has 1 heterocycles. The highest BCUT2D eigenvalue weighted by Crippen LogP contribution is 2.23. The highest BCUT2D eigenvalue weighted by Gasteiger charge is 2.13. The molecule has 1 aromatic heterocycles. The summed E-state index contributed by atoms with van der Waals surface area (Å²) in [5.74, 6) is 0.942. The smallest absolute Gasteiger partial charge is 0.0946 e. The van der Waals surface area contributed by atoms with Crippen LogP contribution in [0.1, 0.15) is 25.7 Å². The maximum atomic E-state index is 4.01. The van der Waals surface area contributed by atoms with E-state index in [1.54, 1.807) is 0 Å². The first-order valence-corrected chi connectivity index (χ1v) is 5.61. The Bertz CT molecular complexity index is 237. The molecule has 1 aliphatic carbocycles. The summed E-state index contributed by atoms with van der Waals surface area (Å²) < 4.78 is 2.11. The summed E-state index contributed by atoms with van der Waals surface area (Å²) in [5, 5.41) is 3.52. The van der Waals surface area contributed by atoms with Crippen molar-refractivity contribution in [2.45, 2.75) is 32.2 Å². The van der Waals surface area contributed by atoms with E-state index in [0.29, 0.717) is 0 Å². The van der Waals surface area contributed by atoms with E-state index >= 15 is 0 Å². The lowest BCUT2D eigenvalue weighted by molar-refractivity contribution is 0.476. The minimum Gasteiger partial charge on any atom is -0.336 e. The van der Waals surface area contributed by atoms with Gasteiger partial charge in [-0.3, -0.25) is 0 Å². The Morgan fingerprint density at radius 1 is 1.36 bits per heavy atom. The molecule has 78 valence electrons. The minimum atomic E-state index is 0.942. The molecule has 0 bridgehead atoms. The average Bonchev–Trinajstić information content (AvgIpc) is 2.86. The maximum absolute atomic E-state index is 4.01. The lowest BCUT2D eigenvalue weighted by atomic mass is 10.1. The second-order valence-electron chi connectivity index (χ2n) is 4.16. The van der Waals surface area contributed by atoms with E-state index in [1.165, 1.54) is 32.2 Å². The Morgan fingerprint density at radius 3 is 2.93 bits per heavy atom. The van der Waals surface area contributed by atoms with Crippen LogP contribution in [-0.4, -0.2) is 22.6 Å². The Morgan fingerprint density at radius 2 is 2.21 bits per heavy atom. The number of nitrogens with one attached hydrogen (secondary N) is 1. The number of hydrogen-bond donors (Lipinski definition) is 1. The van der Waals surface area contributed by atoms with Crippen LogP contribution < -0.4 is 5.32 Å². The third-order valence-corrected chi connectivity index (χ3v) is 3.01. The quantitative estimate of drug-likeness (QED) is 0.721. The molecule has 1 aromatic rings. The molecule has 1 fully saturated rings. The lowest BCUT2D eigenvalue weighted by Crippen LogP contribution is -2.24. The van der Waals surface area contributed by atoms with Crippen LogP contribution in [-0.2, 0) is 6.54 Å². The van der Waals surface area contributed by atoms with Crippen molar-refractivity contribution < 1.29 is 0 Å². The molecule has 1 saturated carbocycles. The second kappa shape index (κ2) is 5.15. The number of aromatic nitrogens is 2. The van der Waals surface area contributed by atoms with Gasteiger partial charge in [-0.25, -0.2) is 4.98 Å². The molecule has 1 N–H and O–H groups in total. The van der Waals surface area contributed by atoms with Crippen molar-refractivity contribution in [3.63, 3.8) is 0 Å². The van der Waals surface area contributed by atoms with E-state index in [0.717, 1.165) is 19.0 Å². The van der Waals surface area contributed by atoms with E-state index in [2.05, 4.69) is 14.9 Å². The topological polar surface area (TPSA) is 29.9 Å². The first-order chi connectivity index (χ1) is 6.95. The Labute approximate surface area is 85.5 Å². The van der Waals surface area contributed by atoms with Gasteiger partial charge in [0.25, 0.3) is 0 Å². The van der Waals surface area contributed by atoms with Crippen LogP contribution in [0.3, 0.4) is 0 Å². The fraction of sp³-hybridized carbons (Fsp3) is 0.727. The van der Waals surface area contributed by atoms with Crippen molar-refractivity contribution in [3.05, 3.63) is 18.7 Å². The van der Waals surface area contributed by atoms with E-state index in [-0.39, 0.29) is 0 Å². The van der Waals surface area contributed by atoms with Gasteiger partial charge in [-0.2, -0.15) is 0 Å². The first-order valence-electron chi connectivity index (χ1n) is 5.61. The van der Waals surface area contributed by atoms with Gasteiger partial charge in [0.15, 0.2) is 0 Å². The lowest BCUT2D eigenvalue weighted by Gasteiger charge is -2.10. The number of imidazole rings is 1. The van der Waals surface area contributed by atoms with Crippen molar-refractivity contribution in [1.82, 2.24) is 14.9 Å². The molecule has 3 heteroatoms. The van der Waals surface area contributed by atoms with Crippen LogP contribution in [0.25, 0.3) is 0 Å².